The van der Waals surface area contributed by atoms with E-state index in [1.54, 1.807) is 0 Å². The highest BCUT2D eigenvalue weighted by Crippen LogP contribution is 2.36. The van der Waals surface area contributed by atoms with Gasteiger partial charge in [-0.25, -0.2) is 43.9 Å². The van der Waals surface area contributed by atoms with E-state index in [4.69, 9.17) is 0 Å². The second-order valence-electron chi connectivity index (χ2n) is 4.84. The summed E-state index contributed by atoms with van der Waals surface area (Å²) in [6, 6.07) is 0. The standard InChI is InChI=1S/C14H5F10P/c15-5-2(6(16)10(20)13(23)9(5)19)1-3(25)4-7(17)11(21)14(24)12(22)8(4)18/h3H,1,25H2. The molecule has 0 aliphatic rings. The van der Waals surface area contributed by atoms with Gasteiger partial charge in [0, 0.05) is 16.8 Å². The molecule has 0 saturated heterocycles. The molecule has 0 aliphatic heterocycles. The molecule has 0 fully saturated rings. The molecule has 136 valence electrons. The van der Waals surface area contributed by atoms with Crippen molar-refractivity contribution in [1.29, 1.82) is 0 Å². The monoisotopic (exact) mass is 394 g/mol. The Morgan fingerprint density at radius 1 is 0.480 bits per heavy atom. The van der Waals surface area contributed by atoms with E-state index in [1.165, 1.54) is 9.24 Å². The third-order valence-corrected chi connectivity index (χ3v) is 3.91. The Hall–Kier alpha value is -1.83. The summed E-state index contributed by atoms with van der Waals surface area (Å²) in [4.78, 5) is 0. The van der Waals surface area contributed by atoms with Crippen LogP contribution in [0.4, 0.5) is 43.9 Å². The minimum absolute atomic E-state index is 1.24. The predicted molar refractivity (Wildman–Crippen MR) is 68.6 cm³/mol. The van der Waals surface area contributed by atoms with Crippen LogP contribution in [0.5, 0.6) is 0 Å². The third-order valence-electron chi connectivity index (χ3n) is 3.34. The van der Waals surface area contributed by atoms with Crippen molar-refractivity contribution in [1.82, 2.24) is 0 Å². The molecule has 0 amide bonds. The van der Waals surface area contributed by atoms with Crippen molar-refractivity contribution in [2.24, 2.45) is 0 Å². The van der Waals surface area contributed by atoms with Gasteiger partial charge >= 0.3 is 0 Å². The number of rotatable bonds is 3. The van der Waals surface area contributed by atoms with Crippen LogP contribution in [0, 0.1) is 58.2 Å². The largest absolute Gasteiger partial charge is 0.203 e. The van der Waals surface area contributed by atoms with Gasteiger partial charge in [-0.05, 0) is 6.42 Å². The lowest BCUT2D eigenvalue weighted by molar-refractivity contribution is 0.363. The van der Waals surface area contributed by atoms with Crippen molar-refractivity contribution in [3.05, 3.63) is 69.3 Å². The van der Waals surface area contributed by atoms with Crippen LogP contribution in [-0.2, 0) is 6.42 Å². The van der Waals surface area contributed by atoms with E-state index in [2.05, 4.69) is 0 Å². The molecule has 0 aromatic heterocycles. The molecule has 0 saturated carbocycles. The van der Waals surface area contributed by atoms with Gasteiger partial charge in [-0.15, -0.1) is 9.24 Å². The topological polar surface area (TPSA) is 0 Å². The number of halogens is 10. The first-order chi connectivity index (χ1) is 11.5. The number of benzene rings is 2. The Bertz CT molecular complexity index is 806. The molecule has 25 heavy (non-hydrogen) atoms. The molecule has 0 spiro atoms. The Morgan fingerprint density at radius 2 is 0.760 bits per heavy atom. The summed E-state index contributed by atoms with van der Waals surface area (Å²) < 4.78 is 133. The maximum Gasteiger partial charge on any atom is 0.200 e. The fourth-order valence-electron chi connectivity index (χ4n) is 2.10. The average molecular weight is 394 g/mol. The zero-order valence-electron chi connectivity index (χ0n) is 11.6. The summed E-state index contributed by atoms with van der Waals surface area (Å²) in [5, 5.41) is 0. The van der Waals surface area contributed by atoms with Crippen LogP contribution in [0.2, 0.25) is 0 Å². The van der Waals surface area contributed by atoms with Crippen molar-refractivity contribution < 1.29 is 43.9 Å². The first-order valence-corrected chi connectivity index (χ1v) is 6.94. The van der Waals surface area contributed by atoms with E-state index in [1.807, 2.05) is 0 Å². The molecule has 0 aliphatic carbocycles. The fourth-order valence-corrected chi connectivity index (χ4v) is 2.63. The normalized spacial score (nSPS) is 12.6. The number of hydrogen-bond acceptors (Lipinski definition) is 0. The fraction of sp³-hybridized carbons (Fsp3) is 0.143. The van der Waals surface area contributed by atoms with E-state index in [9.17, 15) is 43.9 Å². The lowest BCUT2D eigenvalue weighted by atomic mass is 10.0. The summed E-state index contributed by atoms with van der Waals surface area (Å²) in [7, 11) is 1.53. The zero-order chi connectivity index (χ0) is 19.2. The van der Waals surface area contributed by atoms with Gasteiger partial charge in [0.25, 0.3) is 0 Å². The molecule has 0 nitrogen and oxygen atoms in total. The molecule has 0 radical (unpaired) electrons. The van der Waals surface area contributed by atoms with Gasteiger partial charge in [0.1, 0.15) is 0 Å². The second-order valence-corrected chi connectivity index (χ2v) is 5.65. The summed E-state index contributed by atoms with van der Waals surface area (Å²) in [5.41, 5.74) is -4.80. The highest BCUT2D eigenvalue weighted by molar-refractivity contribution is 7.17. The van der Waals surface area contributed by atoms with Gasteiger partial charge in [0.15, 0.2) is 46.5 Å². The van der Waals surface area contributed by atoms with Gasteiger partial charge in [0.05, 0.1) is 0 Å². The van der Waals surface area contributed by atoms with E-state index < -0.39 is 81.4 Å². The summed E-state index contributed by atoms with van der Waals surface area (Å²) in [5.74, 6) is -23.2. The van der Waals surface area contributed by atoms with Crippen LogP contribution < -0.4 is 0 Å². The Balaban J connectivity index is 2.58. The van der Waals surface area contributed by atoms with Crippen LogP contribution in [0.15, 0.2) is 0 Å². The van der Waals surface area contributed by atoms with Gasteiger partial charge in [0.2, 0.25) is 11.6 Å². The van der Waals surface area contributed by atoms with E-state index in [0.29, 0.717) is 0 Å². The van der Waals surface area contributed by atoms with Gasteiger partial charge in [-0.1, -0.05) is 0 Å². The number of hydrogen-bond donors (Lipinski definition) is 0. The molecule has 11 heteroatoms. The lowest BCUT2D eigenvalue weighted by Gasteiger charge is -2.16. The molecule has 0 N–H and O–H groups in total. The summed E-state index contributed by atoms with van der Waals surface area (Å²) >= 11 is 0. The molecular formula is C14H5F10P. The van der Waals surface area contributed by atoms with Gasteiger partial charge in [-0.3, -0.25) is 0 Å². The minimum Gasteiger partial charge on any atom is -0.203 e. The van der Waals surface area contributed by atoms with E-state index >= 15 is 0 Å². The third kappa shape index (κ3) is 3.07. The smallest absolute Gasteiger partial charge is 0.200 e. The minimum atomic E-state index is -2.45. The molecule has 2 rings (SSSR count). The summed E-state index contributed by atoms with van der Waals surface area (Å²) in [6.45, 7) is 0. The van der Waals surface area contributed by atoms with Crippen molar-refractivity contribution in [2.75, 3.05) is 0 Å². The second kappa shape index (κ2) is 6.82. The highest BCUT2D eigenvalue weighted by Gasteiger charge is 2.32. The zero-order valence-corrected chi connectivity index (χ0v) is 12.8. The molecule has 0 heterocycles. The van der Waals surface area contributed by atoms with Crippen molar-refractivity contribution in [2.45, 2.75) is 12.1 Å². The quantitative estimate of drug-likeness (QED) is 0.289. The predicted octanol–water partition coefficient (Wildman–Crippen LogP) is 5.24. The van der Waals surface area contributed by atoms with Crippen LogP contribution in [0.25, 0.3) is 0 Å². The molecular weight excluding hydrogens is 389 g/mol. The van der Waals surface area contributed by atoms with Crippen LogP contribution in [-0.4, -0.2) is 0 Å². The van der Waals surface area contributed by atoms with Crippen LogP contribution in [0.1, 0.15) is 16.8 Å². The maximum absolute atomic E-state index is 13.6. The average Bonchev–Trinajstić information content (AvgIpc) is 2.58. The van der Waals surface area contributed by atoms with Crippen LogP contribution in [0.3, 0.4) is 0 Å². The lowest BCUT2D eigenvalue weighted by Crippen LogP contribution is -2.13. The highest BCUT2D eigenvalue weighted by atomic mass is 31.0. The van der Waals surface area contributed by atoms with Crippen molar-refractivity contribution >= 4 is 9.24 Å². The van der Waals surface area contributed by atoms with E-state index in [-0.39, 0.29) is 0 Å². The molecule has 2 aromatic carbocycles. The van der Waals surface area contributed by atoms with Crippen molar-refractivity contribution in [3.8, 4) is 0 Å². The molecule has 2 aromatic rings. The van der Waals surface area contributed by atoms with Crippen LogP contribution >= 0.6 is 9.24 Å². The van der Waals surface area contributed by atoms with E-state index in [0.717, 1.165) is 0 Å². The molecule has 0 bridgehead atoms. The molecule has 2 unspecified atom stereocenters. The summed E-state index contributed by atoms with van der Waals surface area (Å²) in [6.07, 6.45) is -1.24. The van der Waals surface area contributed by atoms with Gasteiger partial charge < -0.3 is 0 Å². The SMILES string of the molecule is Fc1c(F)c(F)c(CC(P)c2c(F)c(F)c(F)c(F)c2F)c(F)c1F. The molecule has 2 atom stereocenters. The van der Waals surface area contributed by atoms with Crippen molar-refractivity contribution in [3.63, 3.8) is 0 Å². The first kappa shape index (κ1) is 19.5. The maximum atomic E-state index is 13.6. The Labute approximate surface area is 135 Å². The Morgan fingerprint density at radius 3 is 1.12 bits per heavy atom. The van der Waals surface area contributed by atoms with Gasteiger partial charge in [-0.2, -0.15) is 0 Å². The first-order valence-electron chi connectivity index (χ1n) is 6.27. The Kier molecular flexibility index (Phi) is 5.32.